The molecule has 4 heteroatoms. The third kappa shape index (κ3) is 5.54. The standard InChI is InChI=1S/C36H42N2O2/c1-6-27-8-7-17-36(22-27,28-18-23(2)34(24(3)19-28)39-32-13-9-30(37)10-14-32)29-20-25(4)35(26(5)21-29)40-33-15-11-31(38)12-16-33/h9-16,18-21,27H,6-8,17,22,37-38H2,1-5H3. The minimum Gasteiger partial charge on any atom is -0.457 e. The molecule has 5 rings (SSSR count). The largest absolute Gasteiger partial charge is 0.457 e. The van der Waals surface area contributed by atoms with E-state index in [1.165, 1.54) is 30.4 Å². The monoisotopic (exact) mass is 534 g/mol. The Morgan fingerprint density at radius 3 is 1.45 bits per heavy atom. The van der Waals surface area contributed by atoms with Gasteiger partial charge in [-0.2, -0.15) is 0 Å². The second-order valence-corrected chi connectivity index (χ2v) is 11.7. The van der Waals surface area contributed by atoms with E-state index in [1.807, 2.05) is 48.5 Å². The van der Waals surface area contributed by atoms with Gasteiger partial charge in [-0.3, -0.25) is 0 Å². The number of aryl methyl sites for hydroxylation is 4. The lowest BCUT2D eigenvalue weighted by molar-refractivity contribution is 0.251. The highest BCUT2D eigenvalue weighted by Gasteiger charge is 2.40. The topological polar surface area (TPSA) is 70.5 Å². The summed E-state index contributed by atoms with van der Waals surface area (Å²) in [5.74, 6) is 4.15. The van der Waals surface area contributed by atoms with Gasteiger partial charge in [0.2, 0.25) is 0 Å². The molecule has 4 aromatic carbocycles. The van der Waals surface area contributed by atoms with Crippen molar-refractivity contribution in [3.8, 4) is 23.0 Å². The zero-order valence-corrected chi connectivity index (χ0v) is 24.5. The third-order valence-electron chi connectivity index (χ3n) is 8.66. The maximum atomic E-state index is 6.36. The van der Waals surface area contributed by atoms with E-state index in [4.69, 9.17) is 20.9 Å². The Balaban J connectivity index is 1.56. The number of nitrogen functional groups attached to an aromatic ring is 2. The molecule has 0 spiro atoms. The highest BCUT2D eigenvalue weighted by atomic mass is 16.5. The van der Waals surface area contributed by atoms with Crippen LogP contribution < -0.4 is 20.9 Å². The molecule has 0 aromatic heterocycles. The van der Waals surface area contributed by atoms with Gasteiger partial charge in [-0.1, -0.05) is 50.5 Å². The summed E-state index contributed by atoms with van der Waals surface area (Å²) in [7, 11) is 0. The molecule has 1 atom stereocenters. The summed E-state index contributed by atoms with van der Waals surface area (Å²) in [4.78, 5) is 0. The summed E-state index contributed by atoms with van der Waals surface area (Å²) in [5, 5.41) is 0. The first-order valence-corrected chi connectivity index (χ1v) is 14.5. The molecule has 0 heterocycles. The number of ether oxygens (including phenoxy) is 2. The normalized spacial score (nSPS) is 16.5. The smallest absolute Gasteiger partial charge is 0.133 e. The minimum absolute atomic E-state index is 0.0522. The second-order valence-electron chi connectivity index (χ2n) is 11.7. The molecule has 1 saturated carbocycles. The van der Waals surface area contributed by atoms with Gasteiger partial charge in [0, 0.05) is 16.8 Å². The quantitative estimate of drug-likeness (QED) is 0.232. The molecule has 1 aliphatic rings. The molecule has 0 aliphatic heterocycles. The lowest BCUT2D eigenvalue weighted by Gasteiger charge is -2.43. The van der Waals surface area contributed by atoms with Crippen molar-refractivity contribution < 1.29 is 9.47 Å². The Bertz CT molecular complexity index is 1340. The Morgan fingerprint density at radius 2 is 1.07 bits per heavy atom. The molecule has 1 unspecified atom stereocenters. The fourth-order valence-electron chi connectivity index (χ4n) is 6.51. The lowest BCUT2D eigenvalue weighted by Crippen LogP contribution is -2.34. The maximum Gasteiger partial charge on any atom is 0.133 e. The minimum atomic E-state index is -0.0522. The molecule has 0 saturated heterocycles. The molecule has 1 fully saturated rings. The predicted molar refractivity (Wildman–Crippen MR) is 167 cm³/mol. The molecule has 208 valence electrons. The first kappa shape index (κ1) is 27.6. The second kappa shape index (κ2) is 11.3. The van der Waals surface area contributed by atoms with Crippen molar-refractivity contribution in [2.45, 2.75) is 72.1 Å². The van der Waals surface area contributed by atoms with Gasteiger partial charge < -0.3 is 20.9 Å². The van der Waals surface area contributed by atoms with Gasteiger partial charge in [-0.25, -0.2) is 0 Å². The van der Waals surface area contributed by atoms with Gasteiger partial charge in [-0.15, -0.1) is 0 Å². The van der Waals surface area contributed by atoms with Crippen LogP contribution in [0.5, 0.6) is 23.0 Å². The summed E-state index contributed by atoms with van der Waals surface area (Å²) in [6.07, 6.45) is 6.01. The van der Waals surface area contributed by atoms with Crippen molar-refractivity contribution in [3.63, 3.8) is 0 Å². The van der Waals surface area contributed by atoms with Gasteiger partial charge >= 0.3 is 0 Å². The zero-order chi connectivity index (χ0) is 28.4. The van der Waals surface area contributed by atoms with Crippen LogP contribution in [0.15, 0.2) is 72.8 Å². The van der Waals surface area contributed by atoms with E-state index >= 15 is 0 Å². The van der Waals surface area contributed by atoms with E-state index in [2.05, 4.69) is 58.9 Å². The van der Waals surface area contributed by atoms with Gasteiger partial charge in [0.1, 0.15) is 23.0 Å². The van der Waals surface area contributed by atoms with E-state index < -0.39 is 0 Å². The molecule has 0 bridgehead atoms. The van der Waals surface area contributed by atoms with Crippen LogP contribution in [-0.2, 0) is 5.41 Å². The number of hydrogen-bond donors (Lipinski definition) is 2. The zero-order valence-electron chi connectivity index (χ0n) is 24.5. The van der Waals surface area contributed by atoms with E-state index in [-0.39, 0.29) is 5.41 Å². The van der Waals surface area contributed by atoms with Crippen molar-refractivity contribution >= 4 is 11.4 Å². The molecule has 4 aromatic rings. The Kier molecular flexibility index (Phi) is 7.80. The average molecular weight is 535 g/mol. The Labute approximate surface area is 239 Å². The van der Waals surface area contributed by atoms with Crippen LogP contribution in [0, 0.1) is 33.6 Å². The fraction of sp³-hybridized carbons (Fsp3) is 0.333. The van der Waals surface area contributed by atoms with E-state index in [0.717, 1.165) is 69.5 Å². The highest BCUT2D eigenvalue weighted by molar-refractivity contribution is 5.55. The van der Waals surface area contributed by atoms with E-state index in [0.29, 0.717) is 5.92 Å². The molecule has 0 amide bonds. The number of benzene rings is 4. The number of rotatable bonds is 7. The molecule has 0 radical (unpaired) electrons. The molecular formula is C36H42N2O2. The van der Waals surface area contributed by atoms with Gasteiger partial charge in [0.05, 0.1) is 0 Å². The first-order valence-electron chi connectivity index (χ1n) is 14.5. The number of hydrogen-bond acceptors (Lipinski definition) is 4. The molecule has 40 heavy (non-hydrogen) atoms. The van der Waals surface area contributed by atoms with Crippen LogP contribution in [0.2, 0.25) is 0 Å². The predicted octanol–water partition coefficient (Wildman–Crippen LogP) is 9.56. The lowest BCUT2D eigenvalue weighted by atomic mass is 9.61. The van der Waals surface area contributed by atoms with Crippen LogP contribution in [0.4, 0.5) is 11.4 Å². The summed E-state index contributed by atoms with van der Waals surface area (Å²) < 4.78 is 12.7. The fourth-order valence-corrected chi connectivity index (χ4v) is 6.51. The van der Waals surface area contributed by atoms with Crippen molar-refractivity contribution in [1.82, 2.24) is 0 Å². The number of nitrogens with two attached hydrogens (primary N) is 2. The van der Waals surface area contributed by atoms with Crippen LogP contribution in [0.1, 0.15) is 72.4 Å². The Morgan fingerprint density at radius 1 is 0.675 bits per heavy atom. The highest BCUT2D eigenvalue weighted by Crippen LogP contribution is 2.50. The van der Waals surface area contributed by atoms with Crippen molar-refractivity contribution in [2.75, 3.05) is 11.5 Å². The summed E-state index contributed by atoms with van der Waals surface area (Å²) in [6, 6.07) is 24.7. The summed E-state index contributed by atoms with van der Waals surface area (Å²) in [6.45, 7) is 11.0. The van der Waals surface area contributed by atoms with E-state index in [9.17, 15) is 0 Å². The van der Waals surface area contributed by atoms with Crippen LogP contribution in [0.3, 0.4) is 0 Å². The SMILES string of the molecule is CCC1CCCC(c2cc(C)c(Oc3ccc(N)cc3)c(C)c2)(c2cc(C)c(Oc3ccc(N)cc3)c(C)c2)C1. The van der Waals surface area contributed by atoms with Crippen molar-refractivity contribution in [2.24, 2.45) is 5.92 Å². The van der Waals surface area contributed by atoms with Gasteiger partial charge in [0.25, 0.3) is 0 Å². The molecule has 1 aliphatic carbocycles. The van der Waals surface area contributed by atoms with E-state index in [1.54, 1.807) is 0 Å². The molecule has 4 nitrogen and oxygen atoms in total. The van der Waals surface area contributed by atoms with Crippen LogP contribution in [-0.4, -0.2) is 0 Å². The summed E-state index contributed by atoms with van der Waals surface area (Å²) >= 11 is 0. The van der Waals surface area contributed by atoms with Crippen molar-refractivity contribution in [3.05, 3.63) is 106 Å². The van der Waals surface area contributed by atoms with Gasteiger partial charge in [-0.05, 0) is 128 Å². The van der Waals surface area contributed by atoms with Gasteiger partial charge in [0.15, 0.2) is 0 Å². The Hall–Kier alpha value is -3.92. The van der Waals surface area contributed by atoms with Crippen LogP contribution in [0.25, 0.3) is 0 Å². The average Bonchev–Trinajstić information content (AvgIpc) is 2.94. The third-order valence-corrected chi connectivity index (χ3v) is 8.66. The van der Waals surface area contributed by atoms with Crippen molar-refractivity contribution in [1.29, 1.82) is 0 Å². The molecule has 4 N–H and O–H groups in total. The summed E-state index contributed by atoms with van der Waals surface area (Å²) in [5.41, 5.74) is 20.6. The number of anilines is 2. The van der Waals surface area contributed by atoms with Crippen LogP contribution >= 0.6 is 0 Å². The first-order chi connectivity index (χ1) is 19.2. The molecular weight excluding hydrogens is 492 g/mol. The maximum absolute atomic E-state index is 6.36.